The van der Waals surface area contributed by atoms with E-state index < -0.39 is 5.92 Å². The van der Waals surface area contributed by atoms with Crippen LogP contribution in [0.3, 0.4) is 0 Å². The van der Waals surface area contributed by atoms with Crippen molar-refractivity contribution < 1.29 is 19.1 Å². The van der Waals surface area contributed by atoms with Gasteiger partial charge in [-0.25, -0.2) is 0 Å². The lowest BCUT2D eigenvalue weighted by Gasteiger charge is -2.33. The van der Waals surface area contributed by atoms with E-state index in [-0.39, 0.29) is 30.1 Å². The van der Waals surface area contributed by atoms with Crippen LogP contribution < -0.4 is 5.32 Å². The maximum Gasteiger partial charge on any atom is 0.306 e. The van der Waals surface area contributed by atoms with E-state index in [9.17, 15) is 14.4 Å². The van der Waals surface area contributed by atoms with Crippen LogP contribution in [-0.2, 0) is 19.1 Å². The van der Waals surface area contributed by atoms with Gasteiger partial charge >= 0.3 is 5.97 Å². The fourth-order valence-electron chi connectivity index (χ4n) is 2.68. The number of carbonyl (C=O) groups excluding carboxylic acids is 3. The van der Waals surface area contributed by atoms with Gasteiger partial charge in [-0.2, -0.15) is 0 Å². The molecule has 0 aromatic carbocycles. The van der Waals surface area contributed by atoms with Gasteiger partial charge < -0.3 is 4.74 Å². The summed E-state index contributed by atoms with van der Waals surface area (Å²) in [5, 5.41) is 2.32. The molecule has 2 atom stereocenters. The van der Waals surface area contributed by atoms with Gasteiger partial charge in [0.15, 0.2) is 0 Å². The van der Waals surface area contributed by atoms with Crippen molar-refractivity contribution in [1.82, 2.24) is 5.32 Å². The molecule has 2 unspecified atom stereocenters. The minimum atomic E-state index is -0.465. The van der Waals surface area contributed by atoms with Crippen molar-refractivity contribution in [3.63, 3.8) is 0 Å². The first-order valence-corrected chi connectivity index (χ1v) is 6.34. The zero-order valence-corrected chi connectivity index (χ0v) is 10.4. The number of hydrogen-bond acceptors (Lipinski definition) is 4. The summed E-state index contributed by atoms with van der Waals surface area (Å²) in [6, 6.07) is 0. The first-order valence-electron chi connectivity index (χ1n) is 6.34. The zero-order valence-electron chi connectivity index (χ0n) is 10.4. The molecule has 1 heterocycles. The average molecular weight is 251 g/mol. The first kappa shape index (κ1) is 12.8. The molecule has 18 heavy (non-hydrogen) atoms. The van der Waals surface area contributed by atoms with Gasteiger partial charge in [-0.1, -0.05) is 6.08 Å². The number of esters is 1. The highest BCUT2D eigenvalue weighted by Crippen LogP contribution is 2.36. The van der Waals surface area contributed by atoms with Crippen molar-refractivity contribution in [1.29, 1.82) is 0 Å². The number of ether oxygens (including phenoxy) is 1. The normalized spacial score (nSPS) is 27.1. The van der Waals surface area contributed by atoms with E-state index in [1.54, 1.807) is 6.92 Å². The maximum absolute atomic E-state index is 11.8. The van der Waals surface area contributed by atoms with E-state index in [4.69, 9.17) is 4.74 Å². The highest BCUT2D eigenvalue weighted by molar-refractivity contribution is 6.09. The van der Waals surface area contributed by atoms with Crippen molar-refractivity contribution in [2.24, 2.45) is 11.8 Å². The third-order valence-electron chi connectivity index (χ3n) is 3.50. The lowest BCUT2D eigenvalue weighted by atomic mass is 9.74. The second-order valence-electron chi connectivity index (χ2n) is 4.63. The van der Waals surface area contributed by atoms with Gasteiger partial charge in [-0.15, -0.1) is 0 Å². The SMILES string of the molecule is CCOC(=O)CC1C(=O)NC(=O)C2=CCCCC21. The third kappa shape index (κ3) is 2.44. The molecule has 5 nitrogen and oxygen atoms in total. The predicted molar refractivity (Wildman–Crippen MR) is 63.3 cm³/mol. The lowest BCUT2D eigenvalue weighted by molar-refractivity contribution is -0.149. The van der Waals surface area contributed by atoms with Gasteiger partial charge in [0.2, 0.25) is 5.91 Å². The summed E-state index contributed by atoms with van der Waals surface area (Å²) >= 11 is 0. The van der Waals surface area contributed by atoms with Crippen molar-refractivity contribution in [2.75, 3.05) is 6.61 Å². The van der Waals surface area contributed by atoms with Gasteiger partial charge in [0.25, 0.3) is 5.91 Å². The number of rotatable bonds is 3. The molecule has 0 spiro atoms. The summed E-state index contributed by atoms with van der Waals surface area (Å²) in [6.45, 7) is 2.04. The number of amides is 2. The van der Waals surface area contributed by atoms with Crippen LogP contribution in [0.25, 0.3) is 0 Å². The number of imide groups is 1. The van der Waals surface area contributed by atoms with Crippen LogP contribution in [0.15, 0.2) is 11.6 Å². The highest BCUT2D eigenvalue weighted by atomic mass is 16.5. The van der Waals surface area contributed by atoms with Crippen LogP contribution in [-0.4, -0.2) is 24.4 Å². The Morgan fingerprint density at radius 1 is 1.50 bits per heavy atom. The second kappa shape index (κ2) is 5.33. The lowest BCUT2D eigenvalue weighted by Crippen LogP contribution is -2.48. The van der Waals surface area contributed by atoms with E-state index in [1.807, 2.05) is 6.08 Å². The highest BCUT2D eigenvalue weighted by Gasteiger charge is 2.41. The summed E-state index contributed by atoms with van der Waals surface area (Å²) in [5.41, 5.74) is 0.662. The summed E-state index contributed by atoms with van der Waals surface area (Å²) in [6.07, 6.45) is 4.53. The Balaban J connectivity index is 2.15. The molecule has 1 fully saturated rings. The fraction of sp³-hybridized carbons (Fsp3) is 0.615. The monoisotopic (exact) mass is 251 g/mol. The molecule has 1 aliphatic carbocycles. The topological polar surface area (TPSA) is 72.5 Å². The minimum Gasteiger partial charge on any atom is -0.466 e. The van der Waals surface area contributed by atoms with Crippen molar-refractivity contribution >= 4 is 17.8 Å². The third-order valence-corrected chi connectivity index (χ3v) is 3.50. The van der Waals surface area contributed by atoms with Gasteiger partial charge in [-0.05, 0) is 26.2 Å². The van der Waals surface area contributed by atoms with E-state index in [2.05, 4.69) is 5.32 Å². The van der Waals surface area contributed by atoms with Gasteiger partial charge in [0, 0.05) is 11.5 Å². The fourth-order valence-corrected chi connectivity index (χ4v) is 2.68. The van der Waals surface area contributed by atoms with Crippen molar-refractivity contribution in [3.8, 4) is 0 Å². The molecule has 0 radical (unpaired) electrons. The van der Waals surface area contributed by atoms with E-state index in [0.29, 0.717) is 12.2 Å². The number of allylic oxidation sites excluding steroid dienone is 1. The van der Waals surface area contributed by atoms with Crippen molar-refractivity contribution in [3.05, 3.63) is 11.6 Å². The molecule has 0 aromatic heterocycles. The number of fused-ring (bicyclic) bond motifs is 1. The minimum absolute atomic E-state index is 0.0506. The Morgan fingerprint density at radius 3 is 3.00 bits per heavy atom. The van der Waals surface area contributed by atoms with Crippen LogP contribution >= 0.6 is 0 Å². The number of piperidine rings is 1. The Bertz CT molecular complexity index is 413. The number of nitrogens with one attached hydrogen (secondary N) is 1. The standard InChI is InChI=1S/C13H17NO4/c1-2-18-11(15)7-10-8-5-3-4-6-9(8)12(16)14-13(10)17/h6,8,10H,2-5,7H2,1H3,(H,14,16,17). The molecule has 0 bridgehead atoms. The van der Waals surface area contributed by atoms with Crippen LogP contribution in [0.4, 0.5) is 0 Å². The van der Waals surface area contributed by atoms with Crippen LogP contribution in [0.1, 0.15) is 32.6 Å². The molecule has 1 saturated heterocycles. The molecular weight excluding hydrogens is 234 g/mol. The Morgan fingerprint density at radius 2 is 2.28 bits per heavy atom. The van der Waals surface area contributed by atoms with Crippen LogP contribution in [0.2, 0.25) is 0 Å². The molecule has 1 aliphatic heterocycles. The maximum atomic E-state index is 11.8. The molecule has 0 saturated carbocycles. The number of hydrogen-bond donors (Lipinski definition) is 1. The molecule has 1 N–H and O–H groups in total. The van der Waals surface area contributed by atoms with Gasteiger partial charge in [0.05, 0.1) is 18.9 Å². The van der Waals surface area contributed by atoms with E-state index in [0.717, 1.165) is 19.3 Å². The Hall–Kier alpha value is -1.65. The molecule has 2 amide bonds. The van der Waals surface area contributed by atoms with Gasteiger partial charge in [-0.3, -0.25) is 19.7 Å². The van der Waals surface area contributed by atoms with Crippen LogP contribution in [0, 0.1) is 11.8 Å². The average Bonchev–Trinajstić information content (AvgIpc) is 2.35. The summed E-state index contributed by atoms with van der Waals surface area (Å²) < 4.78 is 4.88. The summed E-state index contributed by atoms with van der Waals surface area (Å²) in [7, 11) is 0. The number of carbonyl (C=O) groups is 3. The Kier molecular flexibility index (Phi) is 3.79. The molecule has 0 aromatic rings. The molecule has 5 heteroatoms. The zero-order chi connectivity index (χ0) is 13.1. The molecule has 2 aliphatic rings. The van der Waals surface area contributed by atoms with Crippen LogP contribution in [0.5, 0.6) is 0 Å². The predicted octanol–water partition coefficient (Wildman–Crippen LogP) is 0.939. The summed E-state index contributed by atoms with van der Waals surface area (Å²) in [4.78, 5) is 35.0. The molecule has 98 valence electrons. The largest absolute Gasteiger partial charge is 0.466 e. The van der Waals surface area contributed by atoms with E-state index in [1.165, 1.54) is 0 Å². The quantitative estimate of drug-likeness (QED) is 0.598. The summed E-state index contributed by atoms with van der Waals surface area (Å²) in [5.74, 6) is -1.61. The van der Waals surface area contributed by atoms with E-state index >= 15 is 0 Å². The smallest absolute Gasteiger partial charge is 0.306 e. The van der Waals surface area contributed by atoms with Gasteiger partial charge in [0.1, 0.15) is 0 Å². The van der Waals surface area contributed by atoms with Crippen molar-refractivity contribution in [2.45, 2.75) is 32.6 Å². The Labute approximate surface area is 106 Å². The second-order valence-corrected chi connectivity index (χ2v) is 4.63. The molecular formula is C13H17NO4. The molecule has 2 rings (SSSR count). The first-order chi connectivity index (χ1) is 8.63.